The van der Waals surface area contributed by atoms with Crippen molar-refractivity contribution in [1.82, 2.24) is 4.98 Å². The van der Waals surface area contributed by atoms with Crippen LogP contribution >= 0.6 is 34.8 Å². The Labute approximate surface area is 107 Å². The fourth-order valence-corrected chi connectivity index (χ4v) is 2.11. The summed E-state index contributed by atoms with van der Waals surface area (Å²) >= 11 is 17.7. The monoisotopic (exact) mass is 275 g/mol. The van der Waals surface area contributed by atoms with Crippen molar-refractivity contribution in [2.75, 3.05) is 0 Å². The minimum Gasteiger partial charge on any atom is -0.226 e. The maximum Gasteiger partial charge on any atom is 0.220 e. The summed E-state index contributed by atoms with van der Waals surface area (Å²) in [7, 11) is 0. The predicted molar refractivity (Wildman–Crippen MR) is 64.7 cm³/mol. The van der Waals surface area contributed by atoms with E-state index in [1.165, 1.54) is 12.3 Å². The van der Waals surface area contributed by atoms with Crippen molar-refractivity contribution in [3.05, 3.63) is 51.5 Å². The molecule has 0 bridgehead atoms. The van der Waals surface area contributed by atoms with E-state index in [0.29, 0.717) is 20.6 Å². The summed E-state index contributed by atoms with van der Waals surface area (Å²) in [6, 6.07) is 6.38. The van der Waals surface area contributed by atoms with Gasteiger partial charge in [0.15, 0.2) is 0 Å². The van der Waals surface area contributed by atoms with Gasteiger partial charge in [-0.05, 0) is 18.2 Å². The van der Waals surface area contributed by atoms with Crippen LogP contribution in [0.4, 0.5) is 4.39 Å². The Hall–Kier alpha value is -0.830. The van der Waals surface area contributed by atoms with Crippen LogP contribution in [0.15, 0.2) is 30.5 Å². The van der Waals surface area contributed by atoms with Gasteiger partial charge in [0.2, 0.25) is 5.95 Å². The van der Waals surface area contributed by atoms with E-state index in [1.807, 2.05) is 0 Å². The van der Waals surface area contributed by atoms with Gasteiger partial charge in [0.1, 0.15) is 0 Å². The van der Waals surface area contributed by atoms with E-state index in [1.54, 1.807) is 18.2 Å². The Morgan fingerprint density at radius 3 is 2.31 bits per heavy atom. The van der Waals surface area contributed by atoms with Gasteiger partial charge in [-0.2, -0.15) is 4.39 Å². The Morgan fingerprint density at radius 1 is 1.06 bits per heavy atom. The topological polar surface area (TPSA) is 12.9 Å². The molecule has 1 aromatic carbocycles. The van der Waals surface area contributed by atoms with E-state index in [-0.39, 0.29) is 5.56 Å². The molecule has 1 heterocycles. The highest BCUT2D eigenvalue weighted by molar-refractivity contribution is 6.39. The Morgan fingerprint density at radius 2 is 1.69 bits per heavy atom. The van der Waals surface area contributed by atoms with Crippen molar-refractivity contribution in [2.24, 2.45) is 0 Å². The fraction of sp³-hybridized carbons (Fsp3) is 0. The van der Waals surface area contributed by atoms with Gasteiger partial charge in [0.05, 0.1) is 15.1 Å². The van der Waals surface area contributed by atoms with E-state index < -0.39 is 5.95 Å². The number of rotatable bonds is 1. The smallest absolute Gasteiger partial charge is 0.220 e. The lowest BCUT2D eigenvalue weighted by atomic mass is 10.1. The summed E-state index contributed by atoms with van der Waals surface area (Å²) in [6.07, 6.45) is 1.23. The summed E-state index contributed by atoms with van der Waals surface area (Å²) < 4.78 is 13.5. The largest absolute Gasteiger partial charge is 0.226 e. The highest BCUT2D eigenvalue weighted by atomic mass is 35.5. The summed E-state index contributed by atoms with van der Waals surface area (Å²) in [6.45, 7) is 0. The lowest BCUT2D eigenvalue weighted by molar-refractivity contribution is 0.587. The molecular formula is C11H5Cl3FN. The van der Waals surface area contributed by atoms with E-state index in [0.717, 1.165) is 0 Å². The molecule has 1 aromatic heterocycles. The summed E-state index contributed by atoms with van der Waals surface area (Å²) in [5.41, 5.74) is 0.599. The third-order valence-corrected chi connectivity index (χ3v) is 2.87. The summed E-state index contributed by atoms with van der Waals surface area (Å²) in [5, 5.41) is 1.04. The first-order valence-electron chi connectivity index (χ1n) is 4.35. The third kappa shape index (κ3) is 2.14. The van der Waals surface area contributed by atoms with Crippen LogP contribution in [0.3, 0.4) is 0 Å². The van der Waals surface area contributed by atoms with Crippen LogP contribution in [0.2, 0.25) is 15.1 Å². The molecule has 0 atom stereocenters. The molecule has 0 aliphatic heterocycles. The van der Waals surface area contributed by atoms with Crippen LogP contribution in [0.25, 0.3) is 11.1 Å². The normalized spacial score (nSPS) is 10.5. The minimum atomic E-state index is -0.653. The van der Waals surface area contributed by atoms with E-state index >= 15 is 0 Å². The average molecular weight is 277 g/mol. The van der Waals surface area contributed by atoms with Crippen LogP contribution in [0.5, 0.6) is 0 Å². The van der Waals surface area contributed by atoms with E-state index in [2.05, 4.69) is 4.98 Å². The van der Waals surface area contributed by atoms with Crippen LogP contribution < -0.4 is 0 Å². The molecule has 0 saturated heterocycles. The van der Waals surface area contributed by atoms with Crippen LogP contribution in [0.1, 0.15) is 0 Å². The molecule has 16 heavy (non-hydrogen) atoms. The maximum absolute atomic E-state index is 13.5. The van der Waals surface area contributed by atoms with Gasteiger partial charge in [0, 0.05) is 17.3 Å². The first-order chi connectivity index (χ1) is 7.59. The standard InChI is InChI=1S/C11H5Cl3FN/c12-6-4-7(11(15)16-5-6)10-8(13)2-1-3-9(10)14/h1-5H. The van der Waals surface area contributed by atoms with E-state index in [4.69, 9.17) is 34.8 Å². The van der Waals surface area contributed by atoms with Crippen molar-refractivity contribution in [1.29, 1.82) is 0 Å². The minimum absolute atomic E-state index is 0.197. The van der Waals surface area contributed by atoms with Gasteiger partial charge in [0.25, 0.3) is 0 Å². The summed E-state index contributed by atoms with van der Waals surface area (Å²) in [4.78, 5) is 3.52. The predicted octanol–water partition coefficient (Wildman–Crippen LogP) is 4.85. The number of benzene rings is 1. The molecule has 2 aromatic rings. The van der Waals surface area contributed by atoms with Gasteiger partial charge in [-0.15, -0.1) is 0 Å². The quantitative estimate of drug-likeness (QED) is 0.679. The zero-order valence-electron chi connectivity index (χ0n) is 7.85. The molecule has 0 aliphatic rings. The molecule has 0 radical (unpaired) electrons. The zero-order valence-corrected chi connectivity index (χ0v) is 10.1. The molecule has 0 amide bonds. The molecular weight excluding hydrogens is 271 g/mol. The lowest BCUT2D eigenvalue weighted by Gasteiger charge is -2.07. The molecule has 0 fully saturated rings. The molecule has 0 unspecified atom stereocenters. The highest BCUT2D eigenvalue weighted by Crippen LogP contribution is 2.36. The van der Waals surface area contributed by atoms with Crippen LogP contribution in [-0.2, 0) is 0 Å². The van der Waals surface area contributed by atoms with Gasteiger partial charge in [-0.25, -0.2) is 4.98 Å². The summed E-state index contributed by atoms with van der Waals surface area (Å²) in [5.74, 6) is -0.653. The first-order valence-corrected chi connectivity index (χ1v) is 5.48. The number of aromatic nitrogens is 1. The SMILES string of the molecule is Fc1ncc(Cl)cc1-c1c(Cl)cccc1Cl. The molecule has 1 nitrogen and oxygen atoms in total. The second-order valence-electron chi connectivity index (χ2n) is 3.09. The molecule has 5 heteroatoms. The molecule has 0 saturated carbocycles. The van der Waals surface area contributed by atoms with Crippen LogP contribution in [-0.4, -0.2) is 4.98 Å². The molecule has 0 N–H and O–H groups in total. The van der Waals surface area contributed by atoms with Gasteiger partial charge >= 0.3 is 0 Å². The van der Waals surface area contributed by atoms with Gasteiger partial charge < -0.3 is 0 Å². The molecule has 2 rings (SSSR count). The number of halogens is 4. The van der Waals surface area contributed by atoms with Gasteiger partial charge in [-0.1, -0.05) is 40.9 Å². The van der Waals surface area contributed by atoms with Crippen molar-refractivity contribution in [2.45, 2.75) is 0 Å². The number of hydrogen-bond donors (Lipinski definition) is 0. The zero-order chi connectivity index (χ0) is 11.7. The number of pyridine rings is 1. The molecule has 0 spiro atoms. The molecule has 0 aliphatic carbocycles. The Kier molecular flexibility index (Phi) is 3.33. The second kappa shape index (κ2) is 4.58. The first kappa shape index (κ1) is 11.6. The van der Waals surface area contributed by atoms with E-state index in [9.17, 15) is 4.39 Å². The second-order valence-corrected chi connectivity index (χ2v) is 4.34. The Bertz CT molecular complexity index is 522. The van der Waals surface area contributed by atoms with Crippen LogP contribution in [0, 0.1) is 5.95 Å². The highest BCUT2D eigenvalue weighted by Gasteiger charge is 2.13. The van der Waals surface area contributed by atoms with Crippen molar-refractivity contribution in [3.63, 3.8) is 0 Å². The third-order valence-electron chi connectivity index (χ3n) is 2.04. The lowest BCUT2D eigenvalue weighted by Crippen LogP contribution is -1.90. The van der Waals surface area contributed by atoms with Crippen molar-refractivity contribution < 1.29 is 4.39 Å². The van der Waals surface area contributed by atoms with Crippen molar-refractivity contribution in [3.8, 4) is 11.1 Å². The van der Waals surface area contributed by atoms with Gasteiger partial charge in [-0.3, -0.25) is 0 Å². The number of nitrogens with zero attached hydrogens (tertiary/aromatic N) is 1. The maximum atomic E-state index is 13.5. The Balaban J connectivity index is 2.72. The average Bonchev–Trinajstić information content (AvgIpc) is 2.23. The molecule has 82 valence electrons. The number of hydrogen-bond acceptors (Lipinski definition) is 1. The fourth-order valence-electron chi connectivity index (χ4n) is 1.35. The van der Waals surface area contributed by atoms with Crippen molar-refractivity contribution >= 4 is 34.8 Å².